The predicted octanol–water partition coefficient (Wildman–Crippen LogP) is 4.45. The molecule has 0 heterocycles. The van der Waals surface area contributed by atoms with E-state index in [0.717, 1.165) is 11.3 Å². The van der Waals surface area contributed by atoms with E-state index in [2.05, 4.69) is 24.3 Å². The number of hydrogen-bond donors (Lipinski definition) is 0. The normalized spacial score (nSPS) is 28.7. The van der Waals surface area contributed by atoms with E-state index >= 15 is 0 Å². The SMILES string of the molecule is COc1ccc(C2C(=O)[C@@H]3C4c5ccccc5C(c5ccccc54)[C@H]3C2=O)cc1. The van der Waals surface area contributed by atoms with E-state index in [1.807, 2.05) is 48.5 Å². The standard InChI is InChI=1S/C26H20O3/c1-29-15-12-10-14(11-13-15)20-25(27)23-21-16-6-2-3-7-17(16)22(24(23)26(20)28)19-9-5-4-8-18(19)21/h2-13,20-24H,1H3/t20?,21?,22?,23-,24-/m1/s1. The lowest BCUT2D eigenvalue weighted by molar-refractivity contribution is -0.125. The van der Waals surface area contributed by atoms with Crippen LogP contribution in [-0.4, -0.2) is 18.7 Å². The molecule has 3 aromatic rings. The van der Waals surface area contributed by atoms with E-state index < -0.39 is 5.92 Å². The molecule has 0 spiro atoms. The van der Waals surface area contributed by atoms with Crippen LogP contribution in [-0.2, 0) is 9.59 Å². The Bertz CT molecular complexity index is 1050. The predicted molar refractivity (Wildman–Crippen MR) is 109 cm³/mol. The zero-order valence-electron chi connectivity index (χ0n) is 16.0. The summed E-state index contributed by atoms with van der Waals surface area (Å²) < 4.78 is 5.24. The fourth-order valence-corrected chi connectivity index (χ4v) is 6.01. The Morgan fingerprint density at radius 2 is 1.03 bits per heavy atom. The first kappa shape index (κ1) is 16.7. The zero-order chi connectivity index (χ0) is 19.7. The molecule has 0 N–H and O–H groups in total. The monoisotopic (exact) mass is 380 g/mol. The van der Waals surface area contributed by atoms with Crippen molar-refractivity contribution in [3.8, 4) is 5.75 Å². The van der Waals surface area contributed by atoms with Crippen LogP contribution in [0.15, 0.2) is 72.8 Å². The molecule has 4 aliphatic carbocycles. The zero-order valence-corrected chi connectivity index (χ0v) is 16.0. The van der Waals surface area contributed by atoms with E-state index in [0.29, 0.717) is 0 Å². The molecule has 7 rings (SSSR count). The minimum atomic E-state index is -0.676. The highest BCUT2D eigenvalue weighted by Crippen LogP contribution is 2.62. The van der Waals surface area contributed by atoms with Crippen LogP contribution in [0.25, 0.3) is 0 Å². The second-order valence-electron chi connectivity index (χ2n) is 8.28. The summed E-state index contributed by atoms with van der Waals surface area (Å²) in [4.78, 5) is 27.3. The summed E-state index contributed by atoms with van der Waals surface area (Å²) in [7, 11) is 1.61. The Kier molecular flexibility index (Phi) is 3.40. The number of methoxy groups -OCH3 is 1. The second-order valence-corrected chi connectivity index (χ2v) is 8.28. The van der Waals surface area contributed by atoms with Gasteiger partial charge in [-0.1, -0.05) is 60.7 Å². The molecule has 2 bridgehead atoms. The largest absolute Gasteiger partial charge is 0.497 e. The molecule has 3 nitrogen and oxygen atoms in total. The molecule has 2 atom stereocenters. The number of rotatable bonds is 2. The molecule has 0 radical (unpaired) electrons. The topological polar surface area (TPSA) is 43.4 Å². The maximum atomic E-state index is 13.7. The molecular formula is C26H20O3. The number of hydrogen-bond acceptors (Lipinski definition) is 3. The van der Waals surface area contributed by atoms with Gasteiger partial charge in [0, 0.05) is 23.7 Å². The molecule has 29 heavy (non-hydrogen) atoms. The summed E-state index contributed by atoms with van der Waals surface area (Å²) in [6.45, 7) is 0. The summed E-state index contributed by atoms with van der Waals surface area (Å²) >= 11 is 0. The third-order valence-electron chi connectivity index (χ3n) is 7.11. The van der Waals surface area contributed by atoms with Gasteiger partial charge >= 0.3 is 0 Å². The quantitative estimate of drug-likeness (QED) is 0.617. The van der Waals surface area contributed by atoms with Crippen LogP contribution in [0.3, 0.4) is 0 Å². The fraction of sp³-hybridized carbons (Fsp3) is 0.231. The lowest BCUT2D eigenvalue weighted by Crippen LogP contribution is -2.41. The molecule has 0 unspecified atom stereocenters. The van der Waals surface area contributed by atoms with Crippen molar-refractivity contribution in [2.24, 2.45) is 11.8 Å². The molecule has 4 aliphatic rings. The highest BCUT2D eigenvalue weighted by Gasteiger charge is 2.61. The Morgan fingerprint density at radius 3 is 1.41 bits per heavy atom. The highest BCUT2D eigenvalue weighted by molar-refractivity contribution is 6.17. The second kappa shape index (κ2) is 5.90. The van der Waals surface area contributed by atoms with Gasteiger partial charge in [-0.2, -0.15) is 0 Å². The van der Waals surface area contributed by atoms with Crippen molar-refractivity contribution in [2.75, 3.05) is 7.11 Å². The fourth-order valence-electron chi connectivity index (χ4n) is 6.01. The molecule has 0 aliphatic heterocycles. The Morgan fingerprint density at radius 1 is 0.621 bits per heavy atom. The van der Waals surface area contributed by atoms with E-state index in [1.165, 1.54) is 22.3 Å². The van der Waals surface area contributed by atoms with Gasteiger partial charge in [0.05, 0.1) is 7.11 Å². The maximum absolute atomic E-state index is 13.7. The Hall–Kier alpha value is -3.20. The van der Waals surface area contributed by atoms with Crippen molar-refractivity contribution in [3.63, 3.8) is 0 Å². The first-order chi connectivity index (χ1) is 14.2. The van der Waals surface area contributed by atoms with E-state index in [-0.39, 0.29) is 35.2 Å². The van der Waals surface area contributed by atoms with Crippen LogP contribution in [0.2, 0.25) is 0 Å². The first-order valence-electron chi connectivity index (χ1n) is 10.1. The average Bonchev–Trinajstić information content (AvgIpc) is 3.04. The minimum absolute atomic E-state index is 0.0305. The summed E-state index contributed by atoms with van der Waals surface area (Å²) in [6.07, 6.45) is 0. The van der Waals surface area contributed by atoms with Gasteiger partial charge in [-0.15, -0.1) is 0 Å². The van der Waals surface area contributed by atoms with Crippen LogP contribution < -0.4 is 4.74 Å². The van der Waals surface area contributed by atoms with Crippen LogP contribution in [0.1, 0.15) is 45.6 Å². The van der Waals surface area contributed by atoms with Gasteiger partial charge in [-0.25, -0.2) is 0 Å². The number of carbonyl (C=O) groups is 2. The summed E-state index contributed by atoms with van der Waals surface area (Å²) in [6, 6.07) is 24.1. The molecule has 0 amide bonds. The van der Waals surface area contributed by atoms with Gasteiger partial charge in [-0.05, 0) is 39.9 Å². The van der Waals surface area contributed by atoms with Gasteiger partial charge in [0.25, 0.3) is 0 Å². The number of carbonyl (C=O) groups excluding carboxylic acids is 2. The van der Waals surface area contributed by atoms with Crippen LogP contribution in [0, 0.1) is 11.8 Å². The third-order valence-corrected chi connectivity index (χ3v) is 7.11. The Balaban J connectivity index is 1.53. The van der Waals surface area contributed by atoms with Crippen molar-refractivity contribution >= 4 is 11.6 Å². The number of ether oxygens (including phenoxy) is 1. The van der Waals surface area contributed by atoms with Crippen molar-refractivity contribution in [2.45, 2.75) is 17.8 Å². The molecule has 0 saturated heterocycles. The van der Waals surface area contributed by atoms with Crippen molar-refractivity contribution in [1.29, 1.82) is 0 Å². The number of Topliss-reactive ketones (excluding diaryl/α,β-unsaturated/α-hetero) is 2. The molecule has 0 aromatic heterocycles. The molecule has 142 valence electrons. The van der Waals surface area contributed by atoms with Crippen molar-refractivity contribution in [1.82, 2.24) is 0 Å². The minimum Gasteiger partial charge on any atom is -0.497 e. The summed E-state index contributed by atoms with van der Waals surface area (Å²) in [5.74, 6) is -0.412. The summed E-state index contributed by atoms with van der Waals surface area (Å²) in [5.41, 5.74) is 5.65. The van der Waals surface area contributed by atoms with Crippen molar-refractivity contribution < 1.29 is 14.3 Å². The van der Waals surface area contributed by atoms with Gasteiger partial charge < -0.3 is 4.74 Å². The van der Waals surface area contributed by atoms with Crippen LogP contribution in [0.4, 0.5) is 0 Å². The lowest BCUT2D eigenvalue weighted by Gasteiger charge is -2.46. The molecule has 3 aromatic carbocycles. The van der Waals surface area contributed by atoms with Crippen LogP contribution in [0.5, 0.6) is 5.75 Å². The van der Waals surface area contributed by atoms with E-state index in [1.54, 1.807) is 7.11 Å². The number of ketones is 2. The van der Waals surface area contributed by atoms with E-state index in [4.69, 9.17) is 4.74 Å². The summed E-state index contributed by atoms with van der Waals surface area (Å²) in [5, 5.41) is 0. The van der Waals surface area contributed by atoms with Crippen molar-refractivity contribution in [3.05, 3.63) is 101 Å². The van der Waals surface area contributed by atoms with Gasteiger partial charge in [0.2, 0.25) is 0 Å². The average molecular weight is 380 g/mol. The molecule has 1 saturated carbocycles. The van der Waals surface area contributed by atoms with Gasteiger partial charge in [0.15, 0.2) is 11.6 Å². The Labute approximate surface area is 169 Å². The molecular weight excluding hydrogens is 360 g/mol. The lowest BCUT2D eigenvalue weighted by atomic mass is 9.55. The van der Waals surface area contributed by atoms with Gasteiger partial charge in [-0.3, -0.25) is 9.59 Å². The maximum Gasteiger partial charge on any atom is 0.152 e. The molecule has 3 heteroatoms. The van der Waals surface area contributed by atoms with Gasteiger partial charge in [0.1, 0.15) is 11.7 Å². The van der Waals surface area contributed by atoms with Crippen LogP contribution >= 0.6 is 0 Å². The highest BCUT2D eigenvalue weighted by atomic mass is 16.5. The molecule has 1 fully saturated rings. The first-order valence-corrected chi connectivity index (χ1v) is 10.1. The third kappa shape index (κ3) is 2.08. The smallest absolute Gasteiger partial charge is 0.152 e. The number of benzene rings is 3. The van der Waals surface area contributed by atoms with E-state index in [9.17, 15) is 9.59 Å².